The van der Waals surface area contributed by atoms with E-state index >= 15 is 0 Å². The van der Waals surface area contributed by atoms with E-state index in [1.807, 2.05) is 36.4 Å². The molecule has 0 radical (unpaired) electrons. The number of aliphatic hydroxyl groups excluding tert-OH is 1. The summed E-state index contributed by atoms with van der Waals surface area (Å²) in [5, 5.41) is 23.4. The molecule has 0 bridgehead atoms. The Balaban J connectivity index is 0.791. The Bertz CT molecular complexity index is 3150. The van der Waals surface area contributed by atoms with Crippen LogP contribution in [0.1, 0.15) is 74.3 Å². The molecule has 6 aromatic carbocycles. The molecule has 366 valence electrons. The van der Waals surface area contributed by atoms with Gasteiger partial charge in [-0.15, -0.1) is 22.7 Å². The number of phenols is 1. The van der Waals surface area contributed by atoms with Crippen molar-refractivity contribution in [1.82, 2.24) is 9.80 Å². The van der Waals surface area contributed by atoms with Gasteiger partial charge in [0.2, 0.25) is 5.78 Å². The molecule has 2 N–H and O–H groups in total. The van der Waals surface area contributed by atoms with Gasteiger partial charge in [0.15, 0.2) is 11.5 Å². The van der Waals surface area contributed by atoms with Crippen LogP contribution in [0.4, 0.5) is 17.6 Å². The van der Waals surface area contributed by atoms with Gasteiger partial charge in [0.25, 0.3) is 0 Å². The number of nitrogens with zero attached hydrogens (tertiary/aromatic N) is 2. The van der Waals surface area contributed by atoms with Crippen LogP contribution < -0.4 is 9.47 Å². The van der Waals surface area contributed by atoms with E-state index in [1.165, 1.54) is 65.3 Å². The van der Waals surface area contributed by atoms with Gasteiger partial charge in [-0.2, -0.15) is 13.2 Å². The maximum Gasteiger partial charge on any atom is 0.416 e. The monoisotopic (exact) mass is 998 g/mol. The van der Waals surface area contributed by atoms with E-state index in [4.69, 9.17) is 9.47 Å². The Hall–Kier alpha value is -6.09. The molecule has 13 heteroatoms. The second kappa shape index (κ2) is 20.6. The van der Waals surface area contributed by atoms with Gasteiger partial charge in [0.05, 0.1) is 10.4 Å². The van der Waals surface area contributed by atoms with Crippen LogP contribution in [0, 0.1) is 23.6 Å². The lowest BCUT2D eigenvalue weighted by molar-refractivity contribution is -0.137. The van der Waals surface area contributed by atoms with Gasteiger partial charge in [0.1, 0.15) is 34.0 Å². The van der Waals surface area contributed by atoms with Crippen LogP contribution in [0.15, 0.2) is 133 Å². The van der Waals surface area contributed by atoms with Gasteiger partial charge in [-0.05, 0) is 151 Å². The first-order valence-corrected chi connectivity index (χ1v) is 25.8. The second-order valence-corrected chi connectivity index (χ2v) is 21.4. The fourth-order valence-electron chi connectivity index (χ4n) is 9.98. The number of thiophene rings is 2. The Kier molecular flexibility index (Phi) is 14.1. The molecule has 0 saturated carbocycles. The van der Waals surface area contributed by atoms with Crippen molar-refractivity contribution >= 4 is 48.6 Å². The number of fused-ring (bicyclic) bond motifs is 2. The number of carbonyl (C=O) groups is 1. The average Bonchev–Trinajstić information content (AvgIpc) is 4.14. The smallest absolute Gasteiger partial charge is 0.416 e. The highest BCUT2D eigenvalue weighted by atomic mass is 32.1. The molecule has 0 amide bonds. The predicted octanol–water partition coefficient (Wildman–Crippen LogP) is 14.1. The number of halogens is 4. The van der Waals surface area contributed by atoms with Gasteiger partial charge >= 0.3 is 6.18 Å². The van der Waals surface area contributed by atoms with E-state index in [9.17, 15) is 32.6 Å². The largest absolute Gasteiger partial charge is 0.508 e. The van der Waals surface area contributed by atoms with E-state index < -0.39 is 23.6 Å². The Morgan fingerprint density at radius 1 is 0.704 bits per heavy atom. The maximum atomic E-state index is 13.9. The number of aliphatic hydroxyl groups is 1. The van der Waals surface area contributed by atoms with Crippen LogP contribution in [-0.4, -0.2) is 65.1 Å². The van der Waals surface area contributed by atoms with Gasteiger partial charge < -0.3 is 29.5 Å². The van der Waals surface area contributed by atoms with E-state index in [1.54, 1.807) is 18.2 Å². The standard InChI is InChI=1S/C58H54F4N2O5S2/c1-35-23-26-63(32-35)27-24-37-3-17-46(18-4-37)68-54-48-21-7-39(30-50(48)70-56(54)53(67)41-10-14-44(59)15-11-41)29-42-34-64(33-36(42)2)28-25-38-5-19-47(20-6-38)69-55-49-22-16-45(65)31-51(49)71-57(55)52(66)40-8-12-43(13-9-40)58(60,61)62/h3-22,30-31,35-36,42,53,65,67H,23-29,32-34H2,1-2H3/t35-,36+,42?,53?/m0/s1. The van der Waals surface area contributed by atoms with Crippen LogP contribution in [0.2, 0.25) is 0 Å². The quantitative estimate of drug-likeness (QED) is 0.0737. The number of alkyl halides is 3. The Morgan fingerprint density at radius 3 is 1.96 bits per heavy atom. The summed E-state index contributed by atoms with van der Waals surface area (Å²) >= 11 is 2.63. The molecule has 2 fully saturated rings. The number of ether oxygens (including phenoxy) is 2. The summed E-state index contributed by atoms with van der Waals surface area (Å²) in [5.74, 6) is 2.96. The summed E-state index contributed by atoms with van der Waals surface area (Å²) in [7, 11) is 0. The summed E-state index contributed by atoms with van der Waals surface area (Å²) in [6, 6.07) is 37.3. The SMILES string of the molecule is C[C@H]1CCN(CCc2ccc(Oc3c(C(O)c4ccc(F)cc4)sc4cc(CC5CN(CCc6ccc(Oc7c(C(=O)c8ccc(C(F)(F)F)cc8)sc8cc(O)ccc78)cc6)C[C@H]5C)ccc34)cc2)C1. The van der Waals surface area contributed by atoms with Gasteiger partial charge in [-0.25, -0.2) is 4.39 Å². The van der Waals surface area contributed by atoms with Gasteiger partial charge in [-0.3, -0.25) is 4.79 Å². The number of hydrogen-bond acceptors (Lipinski definition) is 9. The first kappa shape index (κ1) is 48.5. The molecule has 4 heterocycles. The first-order valence-electron chi connectivity index (χ1n) is 24.2. The van der Waals surface area contributed by atoms with E-state index in [2.05, 4.69) is 54.0 Å². The number of carbonyl (C=O) groups excluding carboxylic acids is 1. The molecule has 10 rings (SSSR count). The van der Waals surface area contributed by atoms with Crippen LogP contribution in [-0.2, 0) is 25.4 Å². The number of aromatic hydroxyl groups is 1. The highest BCUT2D eigenvalue weighted by Gasteiger charge is 2.32. The summed E-state index contributed by atoms with van der Waals surface area (Å²) < 4.78 is 68.3. The molecular formula is C58H54F4N2O5S2. The molecule has 0 spiro atoms. The van der Waals surface area contributed by atoms with Crippen molar-refractivity contribution in [2.45, 2.75) is 51.8 Å². The number of ketones is 1. The minimum absolute atomic E-state index is 0.0210. The Morgan fingerprint density at radius 2 is 1.31 bits per heavy atom. The zero-order valence-corrected chi connectivity index (χ0v) is 41.1. The minimum Gasteiger partial charge on any atom is -0.508 e. The summed E-state index contributed by atoms with van der Waals surface area (Å²) in [6.45, 7) is 10.8. The van der Waals surface area contributed by atoms with Crippen molar-refractivity contribution in [1.29, 1.82) is 0 Å². The molecule has 0 aliphatic carbocycles. The van der Waals surface area contributed by atoms with Crippen molar-refractivity contribution in [3.63, 3.8) is 0 Å². The number of benzene rings is 6. The molecule has 71 heavy (non-hydrogen) atoms. The lowest BCUT2D eigenvalue weighted by Gasteiger charge is -2.16. The summed E-state index contributed by atoms with van der Waals surface area (Å²) in [4.78, 5) is 19.6. The second-order valence-electron chi connectivity index (χ2n) is 19.3. The van der Waals surface area contributed by atoms with Crippen molar-refractivity contribution in [3.05, 3.63) is 182 Å². The molecule has 8 aromatic rings. The third-order valence-corrected chi connectivity index (χ3v) is 16.4. The molecule has 2 aliphatic heterocycles. The van der Waals surface area contributed by atoms with Crippen molar-refractivity contribution in [2.75, 3.05) is 39.3 Å². The van der Waals surface area contributed by atoms with Gasteiger partial charge in [0, 0.05) is 58.5 Å². The third-order valence-electron chi connectivity index (χ3n) is 14.0. The number of hydrogen-bond donors (Lipinski definition) is 2. The average molecular weight is 999 g/mol. The molecule has 2 unspecified atom stereocenters. The number of likely N-dealkylation sites (tertiary alicyclic amines) is 2. The Labute approximate surface area is 418 Å². The van der Waals surface area contributed by atoms with Gasteiger partial charge in [-0.1, -0.05) is 68.4 Å². The van der Waals surface area contributed by atoms with Crippen molar-refractivity contribution in [3.8, 4) is 28.7 Å². The van der Waals surface area contributed by atoms with Crippen LogP contribution in [0.25, 0.3) is 20.2 Å². The normalized spacial score (nSPS) is 18.2. The van der Waals surface area contributed by atoms with E-state index in [0.717, 1.165) is 104 Å². The molecular weight excluding hydrogens is 945 g/mol. The zero-order valence-electron chi connectivity index (χ0n) is 39.4. The highest BCUT2D eigenvalue weighted by molar-refractivity contribution is 7.21. The fraction of sp³-hybridized carbons (Fsp3) is 0.293. The zero-order chi connectivity index (χ0) is 49.4. The number of rotatable bonds is 16. The molecule has 7 nitrogen and oxygen atoms in total. The lowest BCUT2D eigenvalue weighted by atomic mass is 9.91. The molecule has 2 saturated heterocycles. The molecule has 2 aliphatic rings. The third kappa shape index (κ3) is 11.0. The van der Waals surface area contributed by atoms with Crippen molar-refractivity contribution in [2.24, 2.45) is 17.8 Å². The molecule has 2 aromatic heterocycles. The number of phenolic OH excluding ortho intramolecular Hbond substituents is 1. The van der Waals surface area contributed by atoms with Crippen LogP contribution >= 0.6 is 22.7 Å². The van der Waals surface area contributed by atoms with E-state index in [0.29, 0.717) is 49.6 Å². The highest BCUT2D eigenvalue weighted by Crippen LogP contribution is 2.47. The maximum absolute atomic E-state index is 13.9. The summed E-state index contributed by atoms with van der Waals surface area (Å²) in [5.41, 5.74) is 3.45. The van der Waals surface area contributed by atoms with Crippen molar-refractivity contribution < 1.29 is 42.0 Å². The fourth-order valence-corrected chi connectivity index (χ4v) is 12.3. The minimum atomic E-state index is -4.52. The lowest BCUT2D eigenvalue weighted by Crippen LogP contribution is -2.23. The van der Waals surface area contributed by atoms with E-state index in [-0.39, 0.29) is 27.8 Å². The molecule has 4 atom stereocenters. The summed E-state index contributed by atoms with van der Waals surface area (Å²) in [6.07, 6.45) is -1.55. The topological polar surface area (TPSA) is 82.5 Å². The van der Waals surface area contributed by atoms with Crippen LogP contribution in [0.5, 0.6) is 28.7 Å². The first-order chi connectivity index (χ1) is 34.2. The predicted molar refractivity (Wildman–Crippen MR) is 274 cm³/mol. The van der Waals surface area contributed by atoms with Crippen LogP contribution in [0.3, 0.4) is 0 Å².